The smallest absolute Gasteiger partial charge is 0.270 e. The van der Waals surface area contributed by atoms with Gasteiger partial charge in [-0.25, -0.2) is 4.98 Å². The van der Waals surface area contributed by atoms with Crippen LogP contribution in [0.3, 0.4) is 0 Å². The zero-order valence-electron chi connectivity index (χ0n) is 13.0. The molecule has 4 rings (SSSR count). The number of rotatable bonds is 4. The highest BCUT2D eigenvalue weighted by molar-refractivity contribution is 6.30. The minimum atomic E-state index is -0.712. The molecule has 2 aromatic heterocycles. The molecule has 1 aliphatic carbocycles. The Morgan fingerprint density at radius 2 is 2.08 bits per heavy atom. The molecule has 0 spiro atoms. The van der Waals surface area contributed by atoms with Gasteiger partial charge >= 0.3 is 0 Å². The quantitative estimate of drug-likeness (QED) is 0.912. The number of carbonyl (C=O) groups is 1. The molecule has 1 saturated heterocycles. The Labute approximate surface area is 143 Å². The summed E-state index contributed by atoms with van der Waals surface area (Å²) in [6.07, 6.45) is 4.80. The van der Waals surface area contributed by atoms with Crippen LogP contribution in [-0.4, -0.2) is 34.2 Å². The molecule has 0 radical (unpaired) electrons. The van der Waals surface area contributed by atoms with Gasteiger partial charge in [-0.15, -0.1) is 0 Å². The maximum Gasteiger partial charge on any atom is 0.270 e. The van der Waals surface area contributed by atoms with Crippen LogP contribution in [0.1, 0.15) is 53.8 Å². The number of hydrogen-bond acceptors (Lipinski definition) is 6. The first-order valence-corrected chi connectivity index (χ1v) is 8.40. The monoisotopic (exact) mass is 348 g/mol. The molecular weight excluding hydrogens is 332 g/mol. The first-order valence-electron chi connectivity index (χ1n) is 8.02. The van der Waals surface area contributed by atoms with Crippen molar-refractivity contribution in [3.8, 4) is 0 Å². The van der Waals surface area contributed by atoms with Crippen LogP contribution in [0.25, 0.3) is 0 Å². The van der Waals surface area contributed by atoms with Crippen molar-refractivity contribution in [1.82, 2.24) is 20.4 Å². The van der Waals surface area contributed by atoms with Gasteiger partial charge in [-0.3, -0.25) is 4.79 Å². The predicted molar refractivity (Wildman–Crippen MR) is 84.7 cm³/mol. The van der Waals surface area contributed by atoms with Crippen LogP contribution in [0.15, 0.2) is 22.9 Å². The van der Waals surface area contributed by atoms with Crippen LogP contribution in [0, 0.1) is 0 Å². The van der Waals surface area contributed by atoms with Crippen LogP contribution in [0.5, 0.6) is 0 Å². The summed E-state index contributed by atoms with van der Waals surface area (Å²) in [5, 5.41) is 7.60. The fourth-order valence-corrected chi connectivity index (χ4v) is 2.95. The second-order valence-electron chi connectivity index (χ2n) is 6.24. The molecular formula is C16H17ClN4O3. The lowest BCUT2D eigenvalue weighted by molar-refractivity contribution is 0.0220. The SMILES string of the molecule is O=C(NC1(c2nc(C3CC3)no2)CCOCC1)c1ccc(Cl)cn1. The minimum absolute atomic E-state index is 0.292. The number of halogens is 1. The summed E-state index contributed by atoms with van der Waals surface area (Å²) in [4.78, 5) is 21.2. The van der Waals surface area contributed by atoms with Crippen molar-refractivity contribution < 1.29 is 14.1 Å². The second kappa shape index (κ2) is 6.14. The van der Waals surface area contributed by atoms with Gasteiger partial charge in [0.2, 0.25) is 0 Å². The third-order valence-electron chi connectivity index (χ3n) is 4.45. The van der Waals surface area contributed by atoms with Crippen molar-refractivity contribution >= 4 is 17.5 Å². The summed E-state index contributed by atoms with van der Waals surface area (Å²) >= 11 is 5.83. The van der Waals surface area contributed by atoms with Crippen LogP contribution < -0.4 is 5.32 Å². The molecule has 0 aromatic carbocycles. The molecule has 8 heteroatoms. The number of ether oxygens (including phenoxy) is 1. The van der Waals surface area contributed by atoms with Crippen LogP contribution in [0.4, 0.5) is 0 Å². The summed E-state index contributed by atoms with van der Waals surface area (Å²) in [5.41, 5.74) is -0.413. The maximum atomic E-state index is 12.6. The van der Waals surface area contributed by atoms with Gasteiger partial charge in [-0.1, -0.05) is 16.8 Å². The van der Waals surface area contributed by atoms with Gasteiger partial charge in [-0.05, 0) is 25.0 Å². The lowest BCUT2D eigenvalue weighted by Gasteiger charge is -2.34. The molecule has 126 valence electrons. The Morgan fingerprint density at radius 1 is 1.29 bits per heavy atom. The third-order valence-corrected chi connectivity index (χ3v) is 4.68. The maximum absolute atomic E-state index is 12.6. The van der Waals surface area contributed by atoms with Gasteiger partial charge < -0.3 is 14.6 Å². The van der Waals surface area contributed by atoms with E-state index in [0.29, 0.717) is 48.6 Å². The van der Waals surface area contributed by atoms with Crippen LogP contribution >= 0.6 is 11.6 Å². The van der Waals surface area contributed by atoms with Gasteiger partial charge in [0, 0.05) is 38.2 Å². The van der Waals surface area contributed by atoms with E-state index < -0.39 is 5.54 Å². The van der Waals surface area contributed by atoms with E-state index in [1.807, 2.05) is 0 Å². The molecule has 3 heterocycles. The average Bonchev–Trinajstić information content (AvgIpc) is 3.32. The molecule has 1 N–H and O–H groups in total. The van der Waals surface area contributed by atoms with Gasteiger partial charge in [0.25, 0.3) is 11.8 Å². The minimum Gasteiger partial charge on any atom is -0.381 e. The van der Waals surface area contributed by atoms with Gasteiger partial charge in [0.1, 0.15) is 11.2 Å². The Kier molecular flexibility index (Phi) is 3.97. The Morgan fingerprint density at radius 3 is 2.75 bits per heavy atom. The van der Waals surface area contributed by atoms with E-state index in [1.165, 1.54) is 6.20 Å². The number of hydrogen-bond donors (Lipinski definition) is 1. The molecule has 1 amide bonds. The van der Waals surface area contributed by atoms with Gasteiger partial charge in [0.15, 0.2) is 5.82 Å². The fraction of sp³-hybridized carbons (Fsp3) is 0.500. The molecule has 1 aliphatic heterocycles. The standard InChI is InChI=1S/C16H17ClN4O3/c17-11-3-4-12(18-9-11)14(22)20-16(5-7-23-8-6-16)15-19-13(21-24-15)10-1-2-10/h3-4,9-10H,1-2,5-8H2,(H,20,22). The molecule has 2 fully saturated rings. The van der Waals surface area contributed by atoms with Crippen molar-refractivity contribution in [2.75, 3.05) is 13.2 Å². The summed E-state index contributed by atoms with van der Waals surface area (Å²) < 4.78 is 10.9. The lowest BCUT2D eigenvalue weighted by Crippen LogP contribution is -2.50. The van der Waals surface area contributed by atoms with Gasteiger partial charge in [-0.2, -0.15) is 4.98 Å². The summed E-state index contributed by atoms with van der Waals surface area (Å²) in [5.74, 6) is 1.29. The number of carbonyl (C=O) groups excluding carboxylic acids is 1. The summed E-state index contributed by atoms with van der Waals surface area (Å²) in [6.45, 7) is 1.05. The Bertz CT molecular complexity index is 736. The molecule has 24 heavy (non-hydrogen) atoms. The number of amides is 1. The van der Waals surface area contributed by atoms with E-state index >= 15 is 0 Å². The van der Waals surface area contributed by atoms with E-state index in [9.17, 15) is 4.79 Å². The number of pyridine rings is 1. The van der Waals surface area contributed by atoms with Crippen molar-refractivity contribution in [3.05, 3.63) is 40.8 Å². The van der Waals surface area contributed by atoms with Crippen LogP contribution in [0.2, 0.25) is 5.02 Å². The molecule has 0 unspecified atom stereocenters. The molecule has 7 nitrogen and oxygen atoms in total. The van der Waals surface area contributed by atoms with E-state index in [1.54, 1.807) is 12.1 Å². The topological polar surface area (TPSA) is 90.1 Å². The normalized spacial score (nSPS) is 19.9. The van der Waals surface area contributed by atoms with Crippen molar-refractivity contribution in [3.63, 3.8) is 0 Å². The van der Waals surface area contributed by atoms with Gasteiger partial charge in [0.05, 0.1) is 5.02 Å². The molecule has 2 aromatic rings. The summed E-state index contributed by atoms with van der Waals surface area (Å²) in [6, 6.07) is 3.23. The highest BCUT2D eigenvalue weighted by atomic mass is 35.5. The lowest BCUT2D eigenvalue weighted by atomic mass is 9.89. The van der Waals surface area contributed by atoms with Crippen molar-refractivity contribution in [2.45, 2.75) is 37.1 Å². The number of nitrogens with one attached hydrogen (secondary N) is 1. The summed E-state index contributed by atoms with van der Waals surface area (Å²) in [7, 11) is 0. The predicted octanol–water partition coefficient (Wildman–Crippen LogP) is 2.43. The number of nitrogens with zero attached hydrogens (tertiary/aromatic N) is 3. The molecule has 1 saturated carbocycles. The van der Waals surface area contributed by atoms with E-state index in [4.69, 9.17) is 20.9 Å². The number of aromatic nitrogens is 3. The largest absolute Gasteiger partial charge is 0.381 e. The van der Waals surface area contributed by atoms with Crippen molar-refractivity contribution in [1.29, 1.82) is 0 Å². The molecule has 2 aliphatic rings. The van der Waals surface area contributed by atoms with E-state index in [0.717, 1.165) is 18.7 Å². The fourth-order valence-electron chi connectivity index (χ4n) is 2.84. The highest BCUT2D eigenvalue weighted by Crippen LogP contribution is 2.40. The highest BCUT2D eigenvalue weighted by Gasteiger charge is 2.42. The zero-order chi connectivity index (χ0) is 16.6. The molecule has 0 atom stereocenters. The Hall–Kier alpha value is -1.99. The first-order chi connectivity index (χ1) is 11.7. The molecule has 0 bridgehead atoms. The van der Waals surface area contributed by atoms with E-state index in [-0.39, 0.29) is 5.91 Å². The first kappa shape index (κ1) is 15.5. The second-order valence-corrected chi connectivity index (χ2v) is 6.68. The Balaban J connectivity index is 1.60. The average molecular weight is 349 g/mol. The van der Waals surface area contributed by atoms with Crippen molar-refractivity contribution in [2.24, 2.45) is 0 Å². The van der Waals surface area contributed by atoms with Crippen LogP contribution in [-0.2, 0) is 10.3 Å². The van der Waals surface area contributed by atoms with E-state index in [2.05, 4.69) is 20.4 Å². The third kappa shape index (κ3) is 3.01. The zero-order valence-corrected chi connectivity index (χ0v) is 13.8.